The van der Waals surface area contributed by atoms with Gasteiger partial charge in [-0.15, -0.1) is 0 Å². The number of non-ortho nitro benzene ring substituents is 1. The highest BCUT2D eigenvalue weighted by molar-refractivity contribution is 6.06. The molecule has 1 unspecified atom stereocenters. The van der Waals surface area contributed by atoms with Crippen LogP contribution >= 0.6 is 0 Å². The number of nitrogens with zero attached hydrogens (tertiary/aromatic N) is 2. The highest BCUT2D eigenvalue weighted by Crippen LogP contribution is 2.38. The average molecular weight is 413 g/mol. The summed E-state index contributed by atoms with van der Waals surface area (Å²) in [7, 11) is 0. The molecule has 0 radical (unpaired) electrons. The molecule has 0 aliphatic carbocycles. The van der Waals surface area contributed by atoms with Crippen molar-refractivity contribution in [2.45, 2.75) is 20.0 Å². The molecular formula is C20H19N3O7. The van der Waals surface area contributed by atoms with E-state index in [1.54, 1.807) is 13.8 Å². The minimum Gasteiger partial charge on any atom is -0.478 e. The standard InChI is InChI=1S/C20H19N3O7/c1-11(2)18-19(25)22(15-9-14(23(28)29)7-8-16(15)30-18)10-17(24)21-13-5-3-12(4-6-13)20(26)27/h3-9,11,18H,10H2,1-2H3,(H,21,24)(H,26,27). The third kappa shape index (κ3) is 4.22. The summed E-state index contributed by atoms with van der Waals surface area (Å²) in [5.41, 5.74) is 0.327. The Bertz CT molecular complexity index is 1020. The largest absolute Gasteiger partial charge is 0.478 e. The summed E-state index contributed by atoms with van der Waals surface area (Å²) in [6.07, 6.45) is -0.832. The Kier molecular flexibility index (Phi) is 5.67. The third-order valence-electron chi connectivity index (χ3n) is 4.53. The molecule has 10 heteroatoms. The zero-order chi connectivity index (χ0) is 22.0. The zero-order valence-electron chi connectivity index (χ0n) is 16.2. The molecule has 0 saturated carbocycles. The Morgan fingerprint density at radius 2 is 1.90 bits per heavy atom. The summed E-state index contributed by atoms with van der Waals surface area (Å²) in [6.45, 7) is 3.20. The molecule has 1 aliphatic rings. The summed E-state index contributed by atoms with van der Waals surface area (Å²) in [5.74, 6) is -2.03. The monoisotopic (exact) mass is 413 g/mol. The minimum atomic E-state index is -1.09. The van der Waals surface area contributed by atoms with Crippen molar-refractivity contribution in [2.75, 3.05) is 16.8 Å². The van der Waals surface area contributed by atoms with E-state index in [2.05, 4.69) is 5.32 Å². The molecule has 1 heterocycles. The van der Waals surface area contributed by atoms with Gasteiger partial charge in [0, 0.05) is 17.8 Å². The molecule has 0 fully saturated rings. The average Bonchev–Trinajstić information content (AvgIpc) is 2.69. The number of nitro groups is 1. The number of carbonyl (C=O) groups excluding carboxylic acids is 2. The van der Waals surface area contributed by atoms with Crippen LogP contribution in [0.2, 0.25) is 0 Å². The van der Waals surface area contributed by atoms with Gasteiger partial charge < -0.3 is 15.2 Å². The van der Waals surface area contributed by atoms with Crippen molar-refractivity contribution < 1.29 is 29.2 Å². The molecule has 30 heavy (non-hydrogen) atoms. The summed E-state index contributed by atoms with van der Waals surface area (Å²) in [6, 6.07) is 9.41. The maximum absolute atomic E-state index is 12.9. The van der Waals surface area contributed by atoms with Crippen LogP contribution in [0.4, 0.5) is 17.1 Å². The first-order chi connectivity index (χ1) is 14.2. The van der Waals surface area contributed by atoms with Gasteiger partial charge in [0.1, 0.15) is 12.3 Å². The maximum atomic E-state index is 12.9. The number of benzene rings is 2. The fourth-order valence-corrected chi connectivity index (χ4v) is 3.01. The summed E-state index contributed by atoms with van der Waals surface area (Å²) in [4.78, 5) is 48.1. The first-order valence-corrected chi connectivity index (χ1v) is 9.07. The smallest absolute Gasteiger partial charge is 0.335 e. The van der Waals surface area contributed by atoms with Crippen LogP contribution in [0, 0.1) is 16.0 Å². The van der Waals surface area contributed by atoms with E-state index < -0.39 is 28.8 Å². The third-order valence-corrected chi connectivity index (χ3v) is 4.53. The number of carbonyl (C=O) groups is 3. The number of nitrogens with one attached hydrogen (secondary N) is 1. The van der Waals surface area contributed by atoms with Crippen LogP contribution in [-0.2, 0) is 9.59 Å². The first kappa shape index (κ1) is 20.8. The Morgan fingerprint density at radius 1 is 1.23 bits per heavy atom. The van der Waals surface area contributed by atoms with E-state index in [0.29, 0.717) is 5.69 Å². The maximum Gasteiger partial charge on any atom is 0.335 e. The van der Waals surface area contributed by atoms with Crippen molar-refractivity contribution in [1.29, 1.82) is 0 Å². The predicted octanol–water partition coefficient (Wildman–Crippen LogP) is 2.68. The van der Waals surface area contributed by atoms with Crippen LogP contribution in [0.25, 0.3) is 0 Å². The van der Waals surface area contributed by atoms with Crippen LogP contribution in [0.15, 0.2) is 42.5 Å². The topological polar surface area (TPSA) is 139 Å². The second-order valence-electron chi connectivity index (χ2n) is 7.05. The number of fused-ring (bicyclic) bond motifs is 1. The van der Waals surface area contributed by atoms with Crippen LogP contribution in [0.5, 0.6) is 5.75 Å². The normalized spacial score (nSPS) is 15.4. The number of hydrogen-bond acceptors (Lipinski definition) is 6. The van der Waals surface area contributed by atoms with E-state index in [9.17, 15) is 24.5 Å². The molecule has 0 spiro atoms. The van der Waals surface area contributed by atoms with Gasteiger partial charge in [-0.3, -0.25) is 24.6 Å². The first-order valence-electron chi connectivity index (χ1n) is 9.07. The number of aromatic carboxylic acids is 1. The van der Waals surface area contributed by atoms with Crippen LogP contribution in [0.1, 0.15) is 24.2 Å². The van der Waals surface area contributed by atoms with Crippen molar-refractivity contribution in [3.63, 3.8) is 0 Å². The lowest BCUT2D eigenvalue weighted by atomic mass is 10.0. The zero-order valence-corrected chi connectivity index (χ0v) is 16.2. The SMILES string of the molecule is CC(C)C1Oc2ccc([N+](=O)[O-])cc2N(CC(=O)Nc2ccc(C(=O)O)cc2)C1=O. The molecule has 2 aromatic carbocycles. The van der Waals surface area contributed by atoms with Gasteiger partial charge in [0.25, 0.3) is 11.6 Å². The van der Waals surface area contributed by atoms with Gasteiger partial charge in [0.15, 0.2) is 6.10 Å². The summed E-state index contributed by atoms with van der Waals surface area (Å²) < 4.78 is 5.70. The van der Waals surface area contributed by atoms with Crippen molar-refractivity contribution in [1.82, 2.24) is 0 Å². The molecule has 1 aliphatic heterocycles. The fraction of sp³-hybridized carbons (Fsp3) is 0.250. The minimum absolute atomic E-state index is 0.0670. The van der Waals surface area contributed by atoms with E-state index in [-0.39, 0.29) is 35.2 Å². The van der Waals surface area contributed by atoms with Gasteiger partial charge in [0.05, 0.1) is 16.2 Å². The summed E-state index contributed by atoms with van der Waals surface area (Å²) >= 11 is 0. The van der Waals surface area contributed by atoms with Gasteiger partial charge in [0.2, 0.25) is 5.91 Å². The Morgan fingerprint density at radius 3 is 2.47 bits per heavy atom. The molecule has 2 N–H and O–H groups in total. The Balaban J connectivity index is 1.86. The molecule has 2 amide bonds. The van der Waals surface area contributed by atoms with E-state index in [1.165, 1.54) is 42.5 Å². The molecule has 156 valence electrons. The van der Waals surface area contributed by atoms with E-state index >= 15 is 0 Å². The Hall–Kier alpha value is -3.95. The van der Waals surface area contributed by atoms with Crippen molar-refractivity contribution in [3.05, 3.63) is 58.1 Å². The number of rotatable bonds is 6. The fourth-order valence-electron chi connectivity index (χ4n) is 3.01. The molecule has 3 rings (SSSR count). The molecule has 0 aromatic heterocycles. The van der Waals surface area contributed by atoms with Gasteiger partial charge in [-0.1, -0.05) is 13.8 Å². The highest BCUT2D eigenvalue weighted by Gasteiger charge is 2.38. The number of amides is 2. The van der Waals surface area contributed by atoms with E-state index in [4.69, 9.17) is 9.84 Å². The summed E-state index contributed by atoms with van der Waals surface area (Å²) in [5, 5.41) is 22.7. The van der Waals surface area contributed by atoms with Crippen molar-refractivity contribution >= 4 is 34.8 Å². The van der Waals surface area contributed by atoms with Crippen LogP contribution < -0.4 is 15.0 Å². The quantitative estimate of drug-likeness (QED) is 0.548. The van der Waals surface area contributed by atoms with Crippen LogP contribution in [0.3, 0.4) is 0 Å². The molecular weight excluding hydrogens is 394 g/mol. The lowest BCUT2D eigenvalue weighted by Crippen LogP contribution is -2.50. The van der Waals surface area contributed by atoms with E-state index in [0.717, 1.165) is 4.90 Å². The lowest BCUT2D eigenvalue weighted by Gasteiger charge is -2.35. The molecule has 2 aromatic rings. The molecule has 10 nitrogen and oxygen atoms in total. The predicted molar refractivity (Wildman–Crippen MR) is 107 cm³/mol. The number of ether oxygens (including phenoxy) is 1. The van der Waals surface area contributed by atoms with Gasteiger partial charge in [-0.2, -0.15) is 0 Å². The van der Waals surface area contributed by atoms with Crippen molar-refractivity contribution in [3.8, 4) is 5.75 Å². The lowest BCUT2D eigenvalue weighted by molar-refractivity contribution is -0.384. The molecule has 1 atom stereocenters. The van der Waals surface area contributed by atoms with E-state index in [1.807, 2.05) is 0 Å². The highest BCUT2D eigenvalue weighted by atomic mass is 16.6. The number of carboxylic acid groups (broad SMARTS) is 1. The van der Waals surface area contributed by atoms with Gasteiger partial charge in [-0.25, -0.2) is 4.79 Å². The number of carboxylic acids is 1. The van der Waals surface area contributed by atoms with Crippen LogP contribution in [-0.4, -0.2) is 40.5 Å². The van der Waals surface area contributed by atoms with Crippen molar-refractivity contribution in [2.24, 2.45) is 5.92 Å². The van der Waals surface area contributed by atoms with Gasteiger partial charge in [-0.05, 0) is 36.2 Å². The molecule has 0 saturated heterocycles. The number of hydrogen-bond donors (Lipinski definition) is 2. The number of nitro benzene ring substituents is 1. The van der Waals surface area contributed by atoms with Gasteiger partial charge >= 0.3 is 5.97 Å². The second kappa shape index (κ2) is 8.19. The molecule has 0 bridgehead atoms. The number of anilines is 2. The Labute approximate surface area is 171 Å². The second-order valence-corrected chi connectivity index (χ2v) is 7.05.